The van der Waals surface area contributed by atoms with Crippen LogP contribution in [0.1, 0.15) is 10.4 Å². The summed E-state index contributed by atoms with van der Waals surface area (Å²) in [6, 6.07) is 4.75. The van der Waals surface area contributed by atoms with Gasteiger partial charge in [-0.1, -0.05) is 0 Å². The molecule has 1 fully saturated rings. The number of ether oxygens (including phenoxy) is 4. The van der Waals surface area contributed by atoms with E-state index in [2.05, 4.69) is 9.97 Å². The zero-order valence-corrected chi connectivity index (χ0v) is 17.2. The molecule has 2 heterocycles. The van der Waals surface area contributed by atoms with Crippen molar-refractivity contribution in [1.82, 2.24) is 14.9 Å². The molecule has 0 unspecified atom stereocenters. The molecule has 0 N–H and O–H groups in total. The van der Waals surface area contributed by atoms with Crippen molar-refractivity contribution < 1.29 is 28.5 Å². The van der Waals surface area contributed by atoms with E-state index in [4.69, 9.17) is 18.9 Å². The van der Waals surface area contributed by atoms with E-state index in [9.17, 15) is 9.59 Å². The van der Waals surface area contributed by atoms with Crippen LogP contribution >= 0.6 is 0 Å². The van der Waals surface area contributed by atoms with Crippen molar-refractivity contribution in [1.29, 1.82) is 0 Å². The van der Waals surface area contributed by atoms with E-state index in [0.717, 1.165) is 0 Å². The average molecular weight is 416 g/mol. The molecule has 10 nitrogen and oxygen atoms in total. The molecular formula is C20H24N4O6. The fourth-order valence-corrected chi connectivity index (χ4v) is 3.10. The predicted octanol–water partition coefficient (Wildman–Crippen LogP) is 1.01. The van der Waals surface area contributed by atoms with Gasteiger partial charge in [0.2, 0.25) is 5.95 Å². The van der Waals surface area contributed by atoms with Crippen LogP contribution in [0.5, 0.6) is 17.2 Å². The molecule has 1 saturated heterocycles. The van der Waals surface area contributed by atoms with Gasteiger partial charge < -0.3 is 28.7 Å². The van der Waals surface area contributed by atoms with Crippen LogP contribution in [0, 0.1) is 0 Å². The van der Waals surface area contributed by atoms with Gasteiger partial charge in [-0.15, -0.1) is 0 Å². The highest BCUT2D eigenvalue weighted by molar-refractivity contribution is 5.95. The minimum atomic E-state index is -0.683. The average Bonchev–Trinajstić information content (AvgIpc) is 2.81. The van der Waals surface area contributed by atoms with Crippen LogP contribution in [0.3, 0.4) is 0 Å². The second kappa shape index (κ2) is 9.77. The summed E-state index contributed by atoms with van der Waals surface area (Å²) in [5.74, 6) is 0.727. The van der Waals surface area contributed by atoms with E-state index in [1.165, 1.54) is 33.5 Å². The summed E-state index contributed by atoms with van der Waals surface area (Å²) in [7, 11) is 4.37. The first-order valence-electron chi connectivity index (χ1n) is 9.34. The number of esters is 1. The smallest absolute Gasteiger partial charge is 0.342 e. The molecule has 1 aliphatic rings. The van der Waals surface area contributed by atoms with Crippen LogP contribution in [-0.4, -0.2) is 80.9 Å². The van der Waals surface area contributed by atoms with Gasteiger partial charge in [0.15, 0.2) is 18.1 Å². The van der Waals surface area contributed by atoms with Gasteiger partial charge in [-0.3, -0.25) is 4.79 Å². The van der Waals surface area contributed by atoms with Crippen molar-refractivity contribution in [2.75, 3.05) is 59.0 Å². The monoisotopic (exact) mass is 416 g/mol. The van der Waals surface area contributed by atoms with E-state index in [-0.39, 0.29) is 23.8 Å². The quantitative estimate of drug-likeness (QED) is 0.612. The number of carbonyl (C=O) groups is 2. The summed E-state index contributed by atoms with van der Waals surface area (Å²) in [6.45, 7) is 1.83. The van der Waals surface area contributed by atoms with Crippen molar-refractivity contribution in [3.8, 4) is 17.2 Å². The number of aromatic nitrogens is 2. The maximum atomic E-state index is 12.5. The van der Waals surface area contributed by atoms with Crippen LogP contribution in [-0.2, 0) is 9.53 Å². The van der Waals surface area contributed by atoms with Crippen molar-refractivity contribution in [3.05, 3.63) is 36.2 Å². The number of benzene rings is 1. The Morgan fingerprint density at radius 1 is 0.900 bits per heavy atom. The molecule has 30 heavy (non-hydrogen) atoms. The Labute approximate surface area is 174 Å². The standard InChI is InChI=1S/C20H24N4O6/c1-27-15-12-17(29-3)16(28-2)11-14(15)19(26)30-13-18(25)23-7-9-24(10-8-23)20-21-5-4-6-22-20/h4-6,11-12H,7-10,13H2,1-3H3. The van der Waals surface area contributed by atoms with Gasteiger partial charge in [-0.05, 0) is 6.07 Å². The molecule has 0 bridgehead atoms. The molecule has 3 rings (SSSR count). The molecule has 160 valence electrons. The predicted molar refractivity (Wildman–Crippen MR) is 107 cm³/mol. The molecule has 0 aliphatic carbocycles. The SMILES string of the molecule is COc1cc(OC)c(C(=O)OCC(=O)N2CCN(c3ncccn3)CC2)cc1OC. The molecule has 0 saturated carbocycles. The van der Waals surface area contributed by atoms with E-state index < -0.39 is 5.97 Å². The fourth-order valence-electron chi connectivity index (χ4n) is 3.10. The van der Waals surface area contributed by atoms with Gasteiger partial charge in [-0.2, -0.15) is 0 Å². The van der Waals surface area contributed by atoms with E-state index >= 15 is 0 Å². The summed E-state index contributed by atoms with van der Waals surface area (Å²) < 4.78 is 20.9. The van der Waals surface area contributed by atoms with Crippen molar-refractivity contribution >= 4 is 17.8 Å². The molecule has 1 aromatic carbocycles. The van der Waals surface area contributed by atoms with Crippen LogP contribution in [0.2, 0.25) is 0 Å². The molecule has 0 radical (unpaired) electrons. The largest absolute Gasteiger partial charge is 0.496 e. The number of amides is 1. The Morgan fingerprint density at radius 2 is 1.50 bits per heavy atom. The van der Waals surface area contributed by atoms with Crippen molar-refractivity contribution in [2.45, 2.75) is 0 Å². The number of piperazine rings is 1. The molecule has 1 aliphatic heterocycles. The maximum absolute atomic E-state index is 12.5. The molecule has 0 spiro atoms. The lowest BCUT2D eigenvalue weighted by Gasteiger charge is -2.34. The van der Waals surface area contributed by atoms with E-state index in [1.54, 1.807) is 23.4 Å². The number of anilines is 1. The molecule has 1 amide bonds. The van der Waals surface area contributed by atoms with E-state index in [0.29, 0.717) is 43.6 Å². The molecule has 2 aromatic rings. The van der Waals surface area contributed by atoms with Crippen molar-refractivity contribution in [2.24, 2.45) is 0 Å². The van der Waals surface area contributed by atoms with Crippen LogP contribution < -0.4 is 19.1 Å². The second-order valence-electron chi connectivity index (χ2n) is 6.40. The van der Waals surface area contributed by atoms with Gasteiger partial charge in [0.1, 0.15) is 11.3 Å². The van der Waals surface area contributed by atoms with Crippen LogP contribution in [0.15, 0.2) is 30.6 Å². The summed E-state index contributed by atoms with van der Waals surface area (Å²) in [4.78, 5) is 37.1. The number of hydrogen-bond acceptors (Lipinski definition) is 9. The highest BCUT2D eigenvalue weighted by atomic mass is 16.5. The van der Waals surface area contributed by atoms with Crippen LogP contribution in [0.4, 0.5) is 5.95 Å². The summed E-state index contributed by atoms with van der Waals surface area (Å²) in [5.41, 5.74) is 0.147. The minimum absolute atomic E-state index is 0.147. The first-order chi connectivity index (χ1) is 14.6. The first-order valence-corrected chi connectivity index (χ1v) is 9.34. The number of rotatable bonds is 7. The van der Waals surface area contributed by atoms with Crippen LogP contribution in [0.25, 0.3) is 0 Å². The van der Waals surface area contributed by atoms with Gasteiger partial charge in [-0.25, -0.2) is 14.8 Å². The lowest BCUT2D eigenvalue weighted by atomic mass is 10.1. The highest BCUT2D eigenvalue weighted by Crippen LogP contribution is 2.34. The van der Waals surface area contributed by atoms with Crippen molar-refractivity contribution in [3.63, 3.8) is 0 Å². The third-order valence-corrected chi connectivity index (χ3v) is 4.72. The van der Waals surface area contributed by atoms with Gasteiger partial charge in [0.05, 0.1) is 21.3 Å². The molecule has 1 aromatic heterocycles. The van der Waals surface area contributed by atoms with Gasteiger partial charge >= 0.3 is 5.97 Å². The summed E-state index contributed by atoms with van der Waals surface area (Å²) in [6.07, 6.45) is 3.36. The molecular weight excluding hydrogens is 392 g/mol. The molecule has 10 heteroatoms. The zero-order valence-electron chi connectivity index (χ0n) is 17.2. The second-order valence-corrected chi connectivity index (χ2v) is 6.40. The van der Waals surface area contributed by atoms with Gasteiger partial charge in [0.25, 0.3) is 5.91 Å². The zero-order chi connectivity index (χ0) is 21.5. The summed E-state index contributed by atoms with van der Waals surface area (Å²) in [5, 5.41) is 0. The van der Waals surface area contributed by atoms with Gasteiger partial charge in [0, 0.05) is 50.7 Å². The topological polar surface area (TPSA) is 103 Å². The Bertz CT molecular complexity index is 884. The maximum Gasteiger partial charge on any atom is 0.342 e. The minimum Gasteiger partial charge on any atom is -0.496 e. The normalized spacial score (nSPS) is 13.6. The lowest BCUT2D eigenvalue weighted by Crippen LogP contribution is -2.50. The first kappa shape index (κ1) is 21.2. The third kappa shape index (κ3) is 4.70. The number of nitrogens with zero attached hydrogens (tertiary/aromatic N) is 4. The number of carbonyl (C=O) groups excluding carboxylic acids is 2. The Kier molecular flexibility index (Phi) is 6.89. The summed E-state index contributed by atoms with van der Waals surface area (Å²) >= 11 is 0. The molecule has 0 atom stereocenters. The third-order valence-electron chi connectivity index (χ3n) is 4.72. The highest BCUT2D eigenvalue weighted by Gasteiger charge is 2.25. The number of methoxy groups -OCH3 is 3. The number of hydrogen-bond donors (Lipinski definition) is 0. The lowest BCUT2D eigenvalue weighted by molar-refractivity contribution is -0.134. The van der Waals surface area contributed by atoms with E-state index in [1.807, 2.05) is 4.90 Å². The Morgan fingerprint density at radius 3 is 2.10 bits per heavy atom. The Hall–Kier alpha value is -3.56. The Balaban J connectivity index is 1.57. The fraction of sp³-hybridized carbons (Fsp3) is 0.400.